The number of benzene rings is 2. The van der Waals surface area contributed by atoms with Gasteiger partial charge in [0.2, 0.25) is 0 Å². The van der Waals surface area contributed by atoms with Crippen LogP contribution in [0.2, 0.25) is 5.15 Å². The van der Waals surface area contributed by atoms with Crippen molar-refractivity contribution in [3.8, 4) is 17.2 Å². The van der Waals surface area contributed by atoms with E-state index in [0.29, 0.717) is 29.2 Å². The molecule has 1 N–H and O–H groups in total. The van der Waals surface area contributed by atoms with Crippen molar-refractivity contribution < 1.29 is 24.2 Å². The predicted octanol–water partition coefficient (Wildman–Crippen LogP) is 6.39. The molecule has 1 aromatic heterocycles. The number of rotatable bonds is 9. The molecule has 7 nitrogen and oxygen atoms in total. The second-order valence-corrected chi connectivity index (χ2v) is 9.64. The van der Waals surface area contributed by atoms with Crippen LogP contribution in [0.4, 0.5) is 5.69 Å². The molecule has 1 unspecified atom stereocenters. The molecule has 1 atom stereocenters. The van der Waals surface area contributed by atoms with Crippen LogP contribution in [0.25, 0.3) is 0 Å². The zero-order chi connectivity index (χ0) is 26.4. The van der Waals surface area contributed by atoms with Crippen LogP contribution in [0.5, 0.6) is 17.2 Å². The number of carbonyl (C=O) groups is 2. The van der Waals surface area contributed by atoms with E-state index in [1.807, 2.05) is 0 Å². The first kappa shape index (κ1) is 26.5. The summed E-state index contributed by atoms with van der Waals surface area (Å²) in [6.07, 6.45) is 7.16. The van der Waals surface area contributed by atoms with E-state index >= 15 is 0 Å². The maximum Gasteiger partial charge on any atom is 0.260 e. The van der Waals surface area contributed by atoms with Crippen molar-refractivity contribution in [2.24, 2.45) is 5.92 Å². The second-order valence-electron chi connectivity index (χ2n) is 9.25. The summed E-state index contributed by atoms with van der Waals surface area (Å²) in [4.78, 5) is 33.6. The number of aromatic nitrogens is 1. The van der Waals surface area contributed by atoms with Crippen LogP contribution in [0.15, 0.2) is 60.8 Å². The Kier molecular flexibility index (Phi) is 8.66. The molecule has 8 heteroatoms. The monoisotopic (exact) mass is 522 g/mol. The summed E-state index contributed by atoms with van der Waals surface area (Å²) in [6.45, 7) is 0. The van der Waals surface area contributed by atoms with E-state index in [9.17, 15) is 14.7 Å². The van der Waals surface area contributed by atoms with Crippen LogP contribution in [0.3, 0.4) is 0 Å². The lowest BCUT2D eigenvalue weighted by atomic mass is 9.83. The summed E-state index contributed by atoms with van der Waals surface area (Å²) < 4.78 is 10.9. The average Bonchev–Trinajstić information content (AvgIpc) is 2.92. The maximum atomic E-state index is 14.1. The molecule has 1 saturated carbocycles. The van der Waals surface area contributed by atoms with Gasteiger partial charge in [-0.1, -0.05) is 55.8 Å². The number of hydrogen-bond acceptors (Lipinski definition) is 6. The van der Waals surface area contributed by atoms with Gasteiger partial charge in [-0.15, -0.1) is 0 Å². The summed E-state index contributed by atoms with van der Waals surface area (Å²) in [5, 5.41) is 10.2. The largest absolute Gasteiger partial charge is 0.508 e. The first-order valence-corrected chi connectivity index (χ1v) is 12.8. The van der Waals surface area contributed by atoms with Crippen molar-refractivity contribution in [1.82, 2.24) is 4.98 Å². The minimum Gasteiger partial charge on any atom is -0.508 e. The van der Waals surface area contributed by atoms with Crippen molar-refractivity contribution in [1.29, 1.82) is 0 Å². The highest BCUT2D eigenvalue weighted by atomic mass is 35.5. The Labute approximate surface area is 222 Å². The SMILES string of the molecule is COc1ccc(N(C(=O)c2ccc(Cl)nc2)C(C(=O)CC2CCCCC2)c2ccc(O)cc2)cc1OC. The number of phenols is 1. The Morgan fingerprint density at radius 1 is 1.00 bits per heavy atom. The van der Waals surface area contributed by atoms with E-state index in [1.165, 1.54) is 43.9 Å². The Morgan fingerprint density at radius 2 is 1.70 bits per heavy atom. The van der Waals surface area contributed by atoms with Crippen molar-refractivity contribution in [3.05, 3.63) is 77.1 Å². The average molecular weight is 523 g/mol. The number of halogens is 1. The number of ether oxygens (including phenoxy) is 2. The fourth-order valence-electron chi connectivity index (χ4n) is 4.92. The van der Waals surface area contributed by atoms with Crippen molar-refractivity contribution >= 4 is 29.0 Å². The smallest absolute Gasteiger partial charge is 0.260 e. The molecule has 0 spiro atoms. The molecule has 1 aliphatic rings. The first-order valence-electron chi connectivity index (χ1n) is 12.4. The number of carbonyl (C=O) groups excluding carboxylic acids is 2. The van der Waals surface area contributed by atoms with E-state index in [2.05, 4.69) is 4.98 Å². The summed E-state index contributed by atoms with van der Waals surface area (Å²) in [7, 11) is 3.05. The molecule has 2 aromatic carbocycles. The van der Waals surface area contributed by atoms with Crippen molar-refractivity contribution in [2.45, 2.75) is 44.6 Å². The number of pyridine rings is 1. The van der Waals surface area contributed by atoms with E-state index in [1.54, 1.807) is 42.5 Å². The fraction of sp³-hybridized carbons (Fsp3) is 0.345. The van der Waals surface area contributed by atoms with Gasteiger partial charge in [0.15, 0.2) is 17.3 Å². The lowest BCUT2D eigenvalue weighted by molar-refractivity contribution is -0.121. The van der Waals surface area contributed by atoms with E-state index in [4.69, 9.17) is 21.1 Å². The Bertz CT molecular complexity index is 1220. The summed E-state index contributed by atoms with van der Waals surface area (Å²) >= 11 is 5.97. The number of ketones is 1. The molecule has 37 heavy (non-hydrogen) atoms. The van der Waals surface area contributed by atoms with Crippen LogP contribution in [-0.4, -0.2) is 36.0 Å². The summed E-state index contributed by atoms with van der Waals surface area (Å²) in [5.41, 5.74) is 1.35. The molecule has 0 aliphatic heterocycles. The minimum absolute atomic E-state index is 0.0670. The van der Waals surface area contributed by atoms with Gasteiger partial charge in [-0.05, 0) is 47.9 Å². The molecule has 0 saturated heterocycles. The molecule has 194 valence electrons. The van der Waals surface area contributed by atoms with E-state index in [0.717, 1.165) is 25.7 Å². The van der Waals surface area contributed by atoms with Crippen LogP contribution in [0, 0.1) is 5.92 Å². The molecule has 4 rings (SSSR count). The Balaban J connectivity index is 1.84. The zero-order valence-electron chi connectivity index (χ0n) is 21.0. The zero-order valence-corrected chi connectivity index (χ0v) is 21.8. The van der Waals surface area contributed by atoms with Gasteiger partial charge >= 0.3 is 0 Å². The molecule has 1 aliphatic carbocycles. The minimum atomic E-state index is -0.927. The van der Waals surface area contributed by atoms with Crippen LogP contribution in [0.1, 0.15) is 60.5 Å². The standard InChI is InChI=1S/C29H31ClN2O5/c1-36-25-14-11-22(17-26(25)37-2)32(29(35)21-10-15-27(30)31-18-21)28(20-8-12-23(33)13-9-20)24(34)16-19-6-4-3-5-7-19/h8-15,17-19,28,33H,3-7,16H2,1-2H3. The van der Waals surface area contributed by atoms with Gasteiger partial charge in [-0.2, -0.15) is 0 Å². The summed E-state index contributed by atoms with van der Waals surface area (Å²) in [5.74, 6) is 0.806. The first-order chi connectivity index (χ1) is 17.9. The number of hydrogen-bond donors (Lipinski definition) is 1. The van der Waals surface area contributed by atoms with Crippen molar-refractivity contribution in [3.63, 3.8) is 0 Å². The van der Waals surface area contributed by atoms with E-state index < -0.39 is 11.9 Å². The number of Topliss-reactive ketones (excluding diaryl/α,β-unsaturated/α-hetero) is 1. The number of aromatic hydroxyl groups is 1. The van der Waals surface area contributed by atoms with Gasteiger partial charge in [-0.25, -0.2) is 4.98 Å². The van der Waals surface area contributed by atoms with Crippen LogP contribution in [-0.2, 0) is 4.79 Å². The third-order valence-corrected chi connectivity index (χ3v) is 7.05. The van der Waals surface area contributed by atoms with Gasteiger partial charge < -0.3 is 14.6 Å². The molecule has 1 heterocycles. The van der Waals surface area contributed by atoms with Gasteiger partial charge in [0.05, 0.1) is 19.8 Å². The number of phenolic OH excluding ortho intramolecular Hbond substituents is 1. The lowest BCUT2D eigenvalue weighted by Gasteiger charge is -2.33. The molecular formula is C29H31ClN2O5. The number of nitrogens with zero attached hydrogens (tertiary/aromatic N) is 2. The van der Waals surface area contributed by atoms with Gasteiger partial charge in [0.1, 0.15) is 16.9 Å². The highest BCUT2D eigenvalue weighted by molar-refractivity contribution is 6.29. The second kappa shape index (κ2) is 12.1. The Morgan fingerprint density at radius 3 is 2.32 bits per heavy atom. The highest BCUT2D eigenvalue weighted by Crippen LogP contribution is 2.38. The number of methoxy groups -OCH3 is 2. The summed E-state index contributed by atoms with van der Waals surface area (Å²) in [6, 6.07) is 13.7. The molecular weight excluding hydrogens is 492 g/mol. The molecule has 0 bridgehead atoms. The third-order valence-electron chi connectivity index (χ3n) is 6.83. The molecule has 1 fully saturated rings. The molecule has 3 aromatic rings. The van der Waals surface area contributed by atoms with Gasteiger partial charge in [-0.3, -0.25) is 14.5 Å². The van der Waals surface area contributed by atoms with E-state index in [-0.39, 0.29) is 28.2 Å². The van der Waals surface area contributed by atoms with Crippen molar-refractivity contribution in [2.75, 3.05) is 19.1 Å². The van der Waals surface area contributed by atoms with Gasteiger partial charge in [0, 0.05) is 24.4 Å². The van der Waals surface area contributed by atoms with Crippen LogP contribution < -0.4 is 14.4 Å². The maximum absolute atomic E-state index is 14.1. The molecule has 1 amide bonds. The van der Waals surface area contributed by atoms with Gasteiger partial charge in [0.25, 0.3) is 5.91 Å². The normalized spacial score (nSPS) is 14.6. The molecule has 0 radical (unpaired) electrons. The fourth-order valence-corrected chi connectivity index (χ4v) is 5.03. The topological polar surface area (TPSA) is 89.0 Å². The number of anilines is 1. The highest BCUT2D eigenvalue weighted by Gasteiger charge is 2.35. The third kappa shape index (κ3) is 6.23. The lowest BCUT2D eigenvalue weighted by Crippen LogP contribution is -2.40. The van der Waals surface area contributed by atoms with Crippen LogP contribution >= 0.6 is 11.6 Å². The quantitative estimate of drug-likeness (QED) is 0.328. The predicted molar refractivity (Wildman–Crippen MR) is 143 cm³/mol. The Hall–Kier alpha value is -3.58. The number of amides is 1.